The predicted octanol–water partition coefficient (Wildman–Crippen LogP) is 4.78. The molecule has 28 heavy (non-hydrogen) atoms. The highest BCUT2D eigenvalue weighted by Gasteiger charge is 2.14. The molecule has 0 saturated carbocycles. The van der Waals surface area contributed by atoms with E-state index in [0.717, 1.165) is 36.7 Å². The van der Waals surface area contributed by atoms with Crippen LogP contribution >= 0.6 is 15.9 Å². The zero-order valence-corrected chi connectivity index (χ0v) is 18.2. The Morgan fingerprint density at radius 1 is 1.25 bits per heavy atom. The summed E-state index contributed by atoms with van der Waals surface area (Å²) in [6.07, 6.45) is 6.29. The van der Waals surface area contributed by atoms with Gasteiger partial charge in [-0.25, -0.2) is 4.39 Å². The first kappa shape index (κ1) is 22.4. The summed E-state index contributed by atoms with van der Waals surface area (Å²) in [5.74, 6) is -0.453. The Labute approximate surface area is 174 Å². The van der Waals surface area contributed by atoms with Gasteiger partial charge in [0.15, 0.2) is 11.6 Å². The lowest BCUT2D eigenvalue weighted by Crippen LogP contribution is -2.25. The number of aryl methyl sites for hydroxylation is 2. The summed E-state index contributed by atoms with van der Waals surface area (Å²) in [6, 6.07) is 6.78. The molecule has 2 rings (SSSR count). The van der Waals surface area contributed by atoms with Crippen molar-refractivity contribution >= 4 is 21.8 Å². The molecular formula is C21H29BrFN3O2. The van der Waals surface area contributed by atoms with Gasteiger partial charge in [-0.05, 0) is 31.4 Å². The van der Waals surface area contributed by atoms with E-state index in [2.05, 4.69) is 26.3 Å². The van der Waals surface area contributed by atoms with Crippen molar-refractivity contribution in [1.82, 2.24) is 15.1 Å². The molecule has 0 unspecified atom stereocenters. The second kappa shape index (κ2) is 11.8. The predicted molar refractivity (Wildman–Crippen MR) is 113 cm³/mol. The molecule has 0 bridgehead atoms. The van der Waals surface area contributed by atoms with Crippen LogP contribution in [-0.4, -0.2) is 27.6 Å². The van der Waals surface area contributed by atoms with Gasteiger partial charge in [0.2, 0.25) is 0 Å². The number of aromatic nitrogens is 2. The Morgan fingerprint density at radius 3 is 2.71 bits per heavy atom. The number of alkyl halides is 1. The highest BCUT2D eigenvalue weighted by Crippen LogP contribution is 2.21. The third-order valence-corrected chi connectivity index (χ3v) is 5.10. The smallest absolute Gasteiger partial charge is 0.269 e. The van der Waals surface area contributed by atoms with E-state index in [1.165, 1.54) is 12.8 Å². The van der Waals surface area contributed by atoms with Gasteiger partial charge in [-0.2, -0.15) is 5.10 Å². The van der Waals surface area contributed by atoms with E-state index in [0.29, 0.717) is 17.9 Å². The molecule has 2 aromatic rings. The summed E-state index contributed by atoms with van der Waals surface area (Å²) in [5.41, 5.74) is 1.71. The van der Waals surface area contributed by atoms with Gasteiger partial charge in [-0.3, -0.25) is 9.48 Å². The standard InChI is InChI=1S/C21H29BrFN3O2/c1-3-17-14-18(26(2)25-17)21(27)24-15-16-10-9-11-19(20(16)23)28-13-8-6-4-5-7-12-22/h9-11,14H,3-8,12-13,15H2,1-2H3,(H,24,27). The Hall–Kier alpha value is -1.89. The summed E-state index contributed by atoms with van der Waals surface area (Å²) in [4.78, 5) is 12.4. The molecule has 5 nitrogen and oxygen atoms in total. The quantitative estimate of drug-likeness (QED) is 0.371. The van der Waals surface area contributed by atoms with Crippen LogP contribution in [0.5, 0.6) is 5.75 Å². The van der Waals surface area contributed by atoms with Crippen molar-refractivity contribution in [2.75, 3.05) is 11.9 Å². The molecule has 1 aromatic heterocycles. The van der Waals surface area contributed by atoms with Crippen molar-refractivity contribution < 1.29 is 13.9 Å². The maximum atomic E-state index is 14.6. The normalized spacial score (nSPS) is 10.9. The van der Waals surface area contributed by atoms with Crippen molar-refractivity contribution in [2.24, 2.45) is 7.05 Å². The van der Waals surface area contributed by atoms with E-state index in [1.807, 2.05) is 6.92 Å². The van der Waals surface area contributed by atoms with Gasteiger partial charge in [0.1, 0.15) is 5.69 Å². The highest BCUT2D eigenvalue weighted by atomic mass is 79.9. The third-order valence-electron chi connectivity index (χ3n) is 4.54. The number of rotatable bonds is 12. The number of ether oxygens (including phenoxy) is 1. The van der Waals surface area contributed by atoms with Gasteiger partial charge >= 0.3 is 0 Å². The zero-order chi connectivity index (χ0) is 20.4. The minimum absolute atomic E-state index is 0.0983. The lowest BCUT2D eigenvalue weighted by Gasteiger charge is -2.11. The summed E-state index contributed by atoms with van der Waals surface area (Å²) in [7, 11) is 1.73. The van der Waals surface area contributed by atoms with Crippen LogP contribution in [0.25, 0.3) is 0 Å². The number of nitrogens with one attached hydrogen (secondary N) is 1. The fourth-order valence-corrected chi connectivity index (χ4v) is 3.29. The molecule has 1 heterocycles. The number of hydrogen-bond acceptors (Lipinski definition) is 3. The van der Waals surface area contributed by atoms with Crippen LogP contribution in [0.2, 0.25) is 0 Å². The Morgan fingerprint density at radius 2 is 2.00 bits per heavy atom. The minimum Gasteiger partial charge on any atom is -0.491 e. The Bertz CT molecular complexity index is 764. The molecular weight excluding hydrogens is 425 g/mol. The number of nitrogens with zero attached hydrogens (tertiary/aromatic N) is 2. The van der Waals surface area contributed by atoms with Crippen LogP contribution in [0.4, 0.5) is 4.39 Å². The van der Waals surface area contributed by atoms with Gasteiger partial charge in [0, 0.05) is 24.5 Å². The molecule has 1 N–H and O–H groups in total. The molecule has 1 amide bonds. The lowest BCUT2D eigenvalue weighted by atomic mass is 10.1. The molecule has 1 aromatic carbocycles. The van der Waals surface area contributed by atoms with Crippen LogP contribution in [0, 0.1) is 5.82 Å². The molecule has 0 aliphatic heterocycles. The number of hydrogen-bond donors (Lipinski definition) is 1. The van der Waals surface area contributed by atoms with Gasteiger partial charge in [-0.1, -0.05) is 54.2 Å². The molecule has 154 valence electrons. The van der Waals surface area contributed by atoms with Crippen LogP contribution in [0.1, 0.15) is 60.8 Å². The number of carbonyl (C=O) groups excluding carboxylic acids is 1. The van der Waals surface area contributed by atoms with Crippen molar-refractivity contribution in [3.63, 3.8) is 0 Å². The van der Waals surface area contributed by atoms with Gasteiger partial charge in [0.25, 0.3) is 5.91 Å². The second-order valence-electron chi connectivity index (χ2n) is 6.72. The van der Waals surface area contributed by atoms with Gasteiger partial charge in [-0.15, -0.1) is 0 Å². The first-order valence-electron chi connectivity index (χ1n) is 9.84. The molecule has 0 atom stereocenters. The molecule has 0 fully saturated rings. The average molecular weight is 454 g/mol. The molecule has 0 aliphatic rings. The molecule has 0 radical (unpaired) electrons. The van der Waals surface area contributed by atoms with Crippen LogP contribution in [-0.2, 0) is 20.0 Å². The zero-order valence-electron chi connectivity index (χ0n) is 16.6. The second-order valence-corrected chi connectivity index (χ2v) is 7.51. The van der Waals surface area contributed by atoms with E-state index in [-0.39, 0.29) is 18.2 Å². The Balaban J connectivity index is 1.84. The monoisotopic (exact) mass is 453 g/mol. The summed E-state index contributed by atoms with van der Waals surface area (Å²) >= 11 is 3.42. The van der Waals surface area contributed by atoms with Crippen LogP contribution in [0.3, 0.4) is 0 Å². The fraction of sp³-hybridized carbons (Fsp3) is 0.524. The topological polar surface area (TPSA) is 56.1 Å². The number of carbonyl (C=O) groups is 1. The maximum Gasteiger partial charge on any atom is 0.269 e. The SMILES string of the molecule is CCc1cc(C(=O)NCc2cccc(OCCCCCCCBr)c2F)n(C)n1. The van der Waals surface area contributed by atoms with Crippen molar-refractivity contribution in [1.29, 1.82) is 0 Å². The summed E-state index contributed by atoms with van der Waals surface area (Å²) < 4.78 is 21.8. The molecule has 0 spiro atoms. The number of unbranched alkanes of at least 4 members (excludes halogenated alkanes) is 4. The van der Waals surface area contributed by atoms with E-state index >= 15 is 0 Å². The minimum atomic E-state index is -0.415. The number of halogens is 2. The first-order valence-corrected chi connectivity index (χ1v) is 11.0. The number of benzene rings is 1. The van der Waals surface area contributed by atoms with Crippen LogP contribution in [0.15, 0.2) is 24.3 Å². The molecule has 7 heteroatoms. The van der Waals surface area contributed by atoms with E-state index in [1.54, 1.807) is 36.0 Å². The molecule has 0 saturated heterocycles. The van der Waals surface area contributed by atoms with E-state index in [4.69, 9.17) is 4.74 Å². The van der Waals surface area contributed by atoms with Crippen molar-refractivity contribution in [2.45, 2.75) is 52.0 Å². The van der Waals surface area contributed by atoms with Gasteiger partial charge < -0.3 is 10.1 Å². The van der Waals surface area contributed by atoms with Crippen molar-refractivity contribution in [3.05, 3.63) is 47.0 Å². The maximum absolute atomic E-state index is 14.6. The largest absolute Gasteiger partial charge is 0.491 e. The first-order chi connectivity index (χ1) is 13.6. The highest BCUT2D eigenvalue weighted by molar-refractivity contribution is 9.09. The Kier molecular flexibility index (Phi) is 9.47. The van der Waals surface area contributed by atoms with E-state index in [9.17, 15) is 9.18 Å². The van der Waals surface area contributed by atoms with Crippen LogP contribution < -0.4 is 10.1 Å². The van der Waals surface area contributed by atoms with Gasteiger partial charge in [0.05, 0.1) is 12.3 Å². The average Bonchev–Trinajstić information content (AvgIpc) is 3.08. The lowest BCUT2D eigenvalue weighted by molar-refractivity contribution is 0.0941. The third kappa shape index (κ3) is 6.62. The summed E-state index contributed by atoms with van der Waals surface area (Å²) in [6.45, 7) is 2.57. The van der Waals surface area contributed by atoms with E-state index < -0.39 is 5.82 Å². The van der Waals surface area contributed by atoms with Crippen molar-refractivity contribution in [3.8, 4) is 5.75 Å². The molecule has 0 aliphatic carbocycles. The summed E-state index contributed by atoms with van der Waals surface area (Å²) in [5, 5.41) is 8.06. The fourth-order valence-electron chi connectivity index (χ4n) is 2.89. The number of amides is 1.